The van der Waals surface area contributed by atoms with E-state index in [-0.39, 0.29) is 12.1 Å². The summed E-state index contributed by atoms with van der Waals surface area (Å²) in [4.78, 5) is 18.6. The highest BCUT2D eigenvalue weighted by molar-refractivity contribution is 7.99. The summed E-state index contributed by atoms with van der Waals surface area (Å²) in [6.07, 6.45) is 1.68. The quantitative estimate of drug-likeness (QED) is 0.784. The van der Waals surface area contributed by atoms with E-state index in [0.29, 0.717) is 5.69 Å². The van der Waals surface area contributed by atoms with Crippen LogP contribution >= 0.6 is 11.8 Å². The summed E-state index contributed by atoms with van der Waals surface area (Å²) in [5, 5.41) is 6.73. The zero-order chi connectivity index (χ0) is 15.8. The van der Waals surface area contributed by atoms with Gasteiger partial charge in [0.2, 0.25) is 0 Å². The molecular weight excluding hydrogens is 300 g/mol. The van der Waals surface area contributed by atoms with Crippen LogP contribution in [0, 0.1) is 0 Å². The SMILES string of the molecule is CCSc1ccc(NC(=O)N[C@@H](C)CN2CCOCC2)cn1. The molecule has 6 nitrogen and oxygen atoms in total. The van der Waals surface area contributed by atoms with Gasteiger partial charge in [0.25, 0.3) is 0 Å². The van der Waals surface area contributed by atoms with Gasteiger partial charge >= 0.3 is 6.03 Å². The molecule has 1 atom stereocenters. The number of carbonyl (C=O) groups excluding carboxylic acids is 1. The highest BCUT2D eigenvalue weighted by Gasteiger charge is 2.15. The van der Waals surface area contributed by atoms with E-state index in [1.165, 1.54) is 0 Å². The highest BCUT2D eigenvalue weighted by Crippen LogP contribution is 2.16. The molecule has 7 heteroatoms. The molecule has 2 rings (SSSR count). The molecule has 1 aliphatic rings. The lowest BCUT2D eigenvalue weighted by atomic mass is 10.3. The number of ether oxygens (including phenoxy) is 1. The molecule has 0 bridgehead atoms. The maximum absolute atomic E-state index is 12.0. The first-order valence-electron chi connectivity index (χ1n) is 7.64. The molecule has 0 radical (unpaired) electrons. The first-order chi connectivity index (χ1) is 10.7. The fourth-order valence-electron chi connectivity index (χ4n) is 2.30. The summed E-state index contributed by atoms with van der Waals surface area (Å²) in [5.41, 5.74) is 0.705. The maximum atomic E-state index is 12.0. The van der Waals surface area contributed by atoms with Crippen LogP contribution in [0.3, 0.4) is 0 Å². The molecule has 0 aliphatic carbocycles. The van der Waals surface area contributed by atoms with Crippen molar-refractivity contribution in [3.63, 3.8) is 0 Å². The van der Waals surface area contributed by atoms with Crippen molar-refractivity contribution in [2.75, 3.05) is 43.9 Å². The summed E-state index contributed by atoms with van der Waals surface area (Å²) < 4.78 is 5.32. The lowest BCUT2D eigenvalue weighted by Gasteiger charge is -2.29. The predicted octanol–water partition coefficient (Wildman–Crippen LogP) is 2.04. The highest BCUT2D eigenvalue weighted by atomic mass is 32.2. The van der Waals surface area contributed by atoms with Crippen molar-refractivity contribution in [3.8, 4) is 0 Å². The van der Waals surface area contributed by atoms with Crippen molar-refractivity contribution in [1.29, 1.82) is 0 Å². The largest absolute Gasteiger partial charge is 0.379 e. The zero-order valence-corrected chi connectivity index (χ0v) is 14.0. The Hall–Kier alpha value is -1.31. The molecule has 1 fully saturated rings. The van der Waals surface area contributed by atoms with Crippen LogP contribution in [-0.4, -0.2) is 60.6 Å². The Morgan fingerprint density at radius 2 is 2.23 bits per heavy atom. The van der Waals surface area contributed by atoms with Crippen LogP contribution in [0.4, 0.5) is 10.5 Å². The van der Waals surface area contributed by atoms with E-state index in [0.717, 1.165) is 43.6 Å². The number of carbonyl (C=O) groups is 1. The van der Waals surface area contributed by atoms with E-state index in [1.807, 2.05) is 19.1 Å². The fraction of sp³-hybridized carbons (Fsp3) is 0.600. The van der Waals surface area contributed by atoms with Crippen molar-refractivity contribution in [2.45, 2.75) is 24.9 Å². The Morgan fingerprint density at radius 3 is 2.86 bits per heavy atom. The van der Waals surface area contributed by atoms with Crippen LogP contribution in [0.25, 0.3) is 0 Å². The Balaban J connectivity index is 1.74. The molecule has 2 heterocycles. The molecular formula is C15H24N4O2S. The first kappa shape index (κ1) is 17.1. The molecule has 0 saturated carbocycles. The lowest BCUT2D eigenvalue weighted by molar-refractivity contribution is 0.0350. The number of amides is 2. The lowest BCUT2D eigenvalue weighted by Crippen LogP contribution is -2.47. The molecule has 1 aliphatic heterocycles. The molecule has 1 aromatic heterocycles. The van der Waals surface area contributed by atoms with Crippen LogP contribution in [0.5, 0.6) is 0 Å². The molecule has 1 saturated heterocycles. The maximum Gasteiger partial charge on any atom is 0.319 e. The number of hydrogen-bond acceptors (Lipinski definition) is 5. The van der Waals surface area contributed by atoms with Crippen molar-refractivity contribution >= 4 is 23.5 Å². The number of urea groups is 1. The average Bonchev–Trinajstić information content (AvgIpc) is 2.50. The number of hydrogen-bond donors (Lipinski definition) is 2. The first-order valence-corrected chi connectivity index (χ1v) is 8.62. The summed E-state index contributed by atoms with van der Waals surface area (Å²) in [5.74, 6) is 0.985. The van der Waals surface area contributed by atoms with Gasteiger partial charge in [-0.15, -0.1) is 11.8 Å². The second-order valence-electron chi connectivity index (χ2n) is 5.23. The minimum atomic E-state index is -0.196. The van der Waals surface area contributed by atoms with Crippen LogP contribution in [0.15, 0.2) is 23.4 Å². The number of nitrogens with one attached hydrogen (secondary N) is 2. The van der Waals surface area contributed by atoms with E-state index in [9.17, 15) is 4.79 Å². The third-order valence-electron chi connectivity index (χ3n) is 3.30. The molecule has 2 amide bonds. The number of anilines is 1. The number of pyridine rings is 1. The molecule has 122 valence electrons. The minimum absolute atomic E-state index is 0.0842. The van der Waals surface area contributed by atoms with Gasteiger partial charge in [-0.05, 0) is 24.8 Å². The molecule has 0 spiro atoms. The van der Waals surface area contributed by atoms with Gasteiger partial charge in [-0.3, -0.25) is 4.90 Å². The summed E-state index contributed by atoms with van der Waals surface area (Å²) in [7, 11) is 0. The third kappa shape index (κ3) is 5.82. The van der Waals surface area contributed by atoms with E-state index in [1.54, 1.807) is 18.0 Å². The average molecular weight is 324 g/mol. The van der Waals surface area contributed by atoms with Crippen molar-refractivity contribution in [1.82, 2.24) is 15.2 Å². The summed E-state index contributed by atoms with van der Waals surface area (Å²) >= 11 is 1.68. The van der Waals surface area contributed by atoms with Gasteiger partial charge in [0.05, 0.1) is 30.1 Å². The van der Waals surface area contributed by atoms with E-state index in [2.05, 4.69) is 27.4 Å². The van der Waals surface area contributed by atoms with Gasteiger partial charge in [-0.2, -0.15) is 0 Å². The number of thioether (sulfide) groups is 1. The Morgan fingerprint density at radius 1 is 1.45 bits per heavy atom. The molecule has 0 unspecified atom stereocenters. The Kier molecular flexibility index (Phi) is 6.95. The van der Waals surface area contributed by atoms with E-state index < -0.39 is 0 Å². The number of rotatable bonds is 6. The normalized spacial score (nSPS) is 17.0. The Labute approximate surface area is 136 Å². The van der Waals surface area contributed by atoms with E-state index >= 15 is 0 Å². The van der Waals surface area contributed by atoms with Crippen LogP contribution in [0.1, 0.15) is 13.8 Å². The second-order valence-corrected chi connectivity index (χ2v) is 6.51. The van der Waals surface area contributed by atoms with Gasteiger partial charge in [0, 0.05) is 25.7 Å². The molecule has 2 N–H and O–H groups in total. The number of morpholine rings is 1. The topological polar surface area (TPSA) is 66.5 Å². The molecule has 0 aromatic carbocycles. The fourth-order valence-corrected chi connectivity index (χ4v) is 2.88. The van der Waals surface area contributed by atoms with Gasteiger partial charge in [0.15, 0.2) is 0 Å². The van der Waals surface area contributed by atoms with Crippen LogP contribution in [-0.2, 0) is 4.74 Å². The van der Waals surface area contributed by atoms with E-state index in [4.69, 9.17) is 4.74 Å². The zero-order valence-electron chi connectivity index (χ0n) is 13.2. The summed E-state index contributed by atoms with van der Waals surface area (Å²) in [6, 6.07) is 3.68. The van der Waals surface area contributed by atoms with Gasteiger partial charge in [-0.1, -0.05) is 6.92 Å². The van der Waals surface area contributed by atoms with Crippen molar-refractivity contribution < 1.29 is 9.53 Å². The van der Waals surface area contributed by atoms with Gasteiger partial charge in [0.1, 0.15) is 0 Å². The minimum Gasteiger partial charge on any atom is -0.379 e. The number of aromatic nitrogens is 1. The van der Waals surface area contributed by atoms with Gasteiger partial charge < -0.3 is 15.4 Å². The Bertz CT molecular complexity index is 463. The van der Waals surface area contributed by atoms with Crippen LogP contribution < -0.4 is 10.6 Å². The standard InChI is InChI=1S/C15H24N4O2S/c1-3-22-14-5-4-13(10-16-14)18-15(20)17-12(2)11-19-6-8-21-9-7-19/h4-5,10,12H,3,6-9,11H2,1-2H3,(H2,17,18,20)/t12-/m0/s1. The molecule has 1 aromatic rings. The van der Waals surface area contributed by atoms with Gasteiger partial charge in [-0.25, -0.2) is 9.78 Å². The van der Waals surface area contributed by atoms with Crippen molar-refractivity contribution in [3.05, 3.63) is 18.3 Å². The third-order valence-corrected chi connectivity index (χ3v) is 4.13. The second kappa shape index (κ2) is 8.97. The summed E-state index contributed by atoms with van der Waals surface area (Å²) in [6.45, 7) is 8.32. The molecule has 22 heavy (non-hydrogen) atoms. The van der Waals surface area contributed by atoms with Crippen molar-refractivity contribution in [2.24, 2.45) is 0 Å². The predicted molar refractivity (Wildman–Crippen MR) is 89.5 cm³/mol. The smallest absolute Gasteiger partial charge is 0.319 e. The monoisotopic (exact) mass is 324 g/mol. The van der Waals surface area contributed by atoms with Crippen LogP contribution in [0.2, 0.25) is 0 Å². The number of nitrogens with zero attached hydrogens (tertiary/aromatic N) is 2.